The molecular weight excluding hydrogens is 414 g/mol. The highest BCUT2D eigenvalue weighted by Crippen LogP contribution is 2.37. The molecule has 3 aromatic carbocycles. The zero-order chi connectivity index (χ0) is 22.0. The standard InChI is InChI=1S/C24H21NO5S/c1-3-29-24(26)22-19-15-20(25-31(27,28)18-12-8-5-9-13-18)16(2)14-21(19)30-23(22)17-10-6-4-7-11-17/h4-15,25H,3H2,1-2H3. The van der Waals surface area contributed by atoms with E-state index in [9.17, 15) is 13.2 Å². The molecule has 1 N–H and O–H groups in total. The highest BCUT2D eigenvalue weighted by Gasteiger charge is 2.25. The molecule has 158 valence electrons. The molecule has 0 aliphatic heterocycles. The maximum absolute atomic E-state index is 12.8. The number of anilines is 1. The van der Waals surface area contributed by atoms with Crippen molar-refractivity contribution in [1.29, 1.82) is 0 Å². The summed E-state index contributed by atoms with van der Waals surface area (Å²) in [5, 5.41) is 0.480. The Morgan fingerprint density at radius 2 is 1.65 bits per heavy atom. The molecule has 4 aromatic rings. The van der Waals surface area contributed by atoms with E-state index in [1.807, 2.05) is 30.3 Å². The van der Waals surface area contributed by atoms with E-state index in [2.05, 4.69) is 4.72 Å². The lowest BCUT2D eigenvalue weighted by Gasteiger charge is -2.11. The Hall–Kier alpha value is -3.58. The molecule has 6 nitrogen and oxygen atoms in total. The first kappa shape index (κ1) is 20.7. The number of nitrogens with one attached hydrogen (secondary N) is 1. The molecule has 0 radical (unpaired) electrons. The molecule has 0 spiro atoms. The third-order valence-corrected chi connectivity index (χ3v) is 6.23. The van der Waals surface area contributed by atoms with Gasteiger partial charge in [-0.15, -0.1) is 0 Å². The number of carbonyl (C=O) groups is 1. The number of hydrogen-bond donors (Lipinski definition) is 1. The van der Waals surface area contributed by atoms with Crippen molar-refractivity contribution < 1.29 is 22.4 Å². The van der Waals surface area contributed by atoms with Gasteiger partial charge in [0.2, 0.25) is 0 Å². The van der Waals surface area contributed by atoms with E-state index in [0.29, 0.717) is 28.0 Å². The number of aryl methyl sites for hydroxylation is 1. The average molecular weight is 436 g/mol. The Balaban J connectivity index is 1.87. The first-order chi connectivity index (χ1) is 14.9. The lowest BCUT2D eigenvalue weighted by molar-refractivity contribution is 0.0528. The molecule has 0 unspecified atom stereocenters. The van der Waals surface area contributed by atoms with Crippen LogP contribution in [-0.4, -0.2) is 21.0 Å². The number of hydrogen-bond acceptors (Lipinski definition) is 5. The summed E-state index contributed by atoms with van der Waals surface area (Å²) >= 11 is 0. The van der Waals surface area contributed by atoms with Crippen molar-refractivity contribution in [1.82, 2.24) is 0 Å². The summed E-state index contributed by atoms with van der Waals surface area (Å²) in [6, 6.07) is 20.7. The Kier molecular flexibility index (Phi) is 5.52. The molecule has 0 amide bonds. The fourth-order valence-electron chi connectivity index (χ4n) is 3.36. The molecule has 0 aliphatic carbocycles. The van der Waals surface area contributed by atoms with Crippen molar-refractivity contribution in [2.75, 3.05) is 11.3 Å². The first-order valence-corrected chi connectivity index (χ1v) is 11.3. The quantitative estimate of drug-likeness (QED) is 0.411. The van der Waals surface area contributed by atoms with Crippen LogP contribution in [0.3, 0.4) is 0 Å². The molecular formula is C24H21NO5S. The minimum Gasteiger partial charge on any atom is -0.462 e. The summed E-state index contributed by atoms with van der Waals surface area (Å²) in [7, 11) is -3.79. The van der Waals surface area contributed by atoms with E-state index < -0.39 is 16.0 Å². The number of esters is 1. The summed E-state index contributed by atoms with van der Waals surface area (Å²) in [4.78, 5) is 12.9. The second kappa shape index (κ2) is 8.28. The smallest absolute Gasteiger partial charge is 0.342 e. The van der Waals surface area contributed by atoms with E-state index in [1.54, 1.807) is 44.2 Å². The van der Waals surface area contributed by atoms with Crippen molar-refractivity contribution in [3.05, 3.63) is 83.9 Å². The number of ether oxygens (including phenoxy) is 1. The molecule has 1 aromatic heterocycles. The topological polar surface area (TPSA) is 85.6 Å². The van der Waals surface area contributed by atoms with Crippen molar-refractivity contribution in [2.45, 2.75) is 18.7 Å². The van der Waals surface area contributed by atoms with Gasteiger partial charge >= 0.3 is 5.97 Å². The van der Waals surface area contributed by atoms with Crippen molar-refractivity contribution >= 4 is 32.6 Å². The predicted octanol–water partition coefficient (Wildman–Crippen LogP) is 5.39. The molecule has 0 atom stereocenters. The Labute approximate surface area is 180 Å². The van der Waals surface area contributed by atoms with Gasteiger partial charge in [0.05, 0.1) is 17.2 Å². The van der Waals surface area contributed by atoms with Gasteiger partial charge in [0.1, 0.15) is 16.9 Å². The average Bonchev–Trinajstić information content (AvgIpc) is 3.13. The van der Waals surface area contributed by atoms with Gasteiger partial charge < -0.3 is 9.15 Å². The Morgan fingerprint density at radius 3 is 2.29 bits per heavy atom. The van der Waals surface area contributed by atoms with Crippen LogP contribution >= 0.6 is 0 Å². The van der Waals surface area contributed by atoms with Crippen LogP contribution in [0, 0.1) is 6.92 Å². The van der Waals surface area contributed by atoms with Crippen molar-refractivity contribution in [3.63, 3.8) is 0 Å². The molecule has 1 heterocycles. The summed E-state index contributed by atoms with van der Waals surface area (Å²) in [6.07, 6.45) is 0. The summed E-state index contributed by atoms with van der Waals surface area (Å²) in [5.74, 6) is -0.141. The number of rotatable bonds is 6. The van der Waals surface area contributed by atoms with E-state index in [0.717, 1.165) is 5.56 Å². The fraction of sp³-hybridized carbons (Fsp3) is 0.125. The van der Waals surface area contributed by atoms with Crippen LogP contribution in [0.25, 0.3) is 22.3 Å². The van der Waals surface area contributed by atoms with Crippen LogP contribution in [0.15, 0.2) is 82.1 Å². The van der Waals surface area contributed by atoms with Crippen LogP contribution in [0.4, 0.5) is 5.69 Å². The van der Waals surface area contributed by atoms with Crippen LogP contribution in [-0.2, 0) is 14.8 Å². The number of furan rings is 1. The van der Waals surface area contributed by atoms with Gasteiger partial charge in [-0.05, 0) is 43.7 Å². The van der Waals surface area contributed by atoms with Gasteiger partial charge in [-0.2, -0.15) is 0 Å². The molecule has 0 saturated heterocycles. The second-order valence-electron chi connectivity index (χ2n) is 6.97. The van der Waals surface area contributed by atoms with Gasteiger partial charge in [-0.1, -0.05) is 48.5 Å². The minimum absolute atomic E-state index is 0.150. The number of benzene rings is 3. The maximum Gasteiger partial charge on any atom is 0.342 e. The van der Waals surface area contributed by atoms with E-state index in [4.69, 9.17) is 9.15 Å². The molecule has 0 saturated carbocycles. The van der Waals surface area contributed by atoms with Gasteiger partial charge in [-0.25, -0.2) is 13.2 Å². The largest absolute Gasteiger partial charge is 0.462 e. The van der Waals surface area contributed by atoms with Gasteiger partial charge in [0.25, 0.3) is 10.0 Å². The number of carbonyl (C=O) groups excluding carboxylic acids is 1. The lowest BCUT2D eigenvalue weighted by atomic mass is 10.0. The highest BCUT2D eigenvalue weighted by molar-refractivity contribution is 7.92. The van der Waals surface area contributed by atoms with Crippen LogP contribution in [0.2, 0.25) is 0 Å². The van der Waals surface area contributed by atoms with E-state index >= 15 is 0 Å². The molecule has 31 heavy (non-hydrogen) atoms. The second-order valence-corrected chi connectivity index (χ2v) is 8.66. The molecule has 0 aliphatic rings. The summed E-state index contributed by atoms with van der Waals surface area (Å²) in [6.45, 7) is 3.71. The minimum atomic E-state index is -3.79. The zero-order valence-corrected chi connectivity index (χ0v) is 17.9. The van der Waals surface area contributed by atoms with Crippen molar-refractivity contribution in [2.24, 2.45) is 0 Å². The normalized spacial score (nSPS) is 11.4. The third kappa shape index (κ3) is 4.04. The summed E-state index contributed by atoms with van der Waals surface area (Å²) < 4.78 is 39.5. The SMILES string of the molecule is CCOC(=O)c1c(-c2ccccc2)oc2cc(C)c(NS(=O)(=O)c3ccccc3)cc12. The van der Waals surface area contributed by atoms with Crippen LogP contribution in [0.1, 0.15) is 22.8 Å². The van der Waals surface area contributed by atoms with Crippen molar-refractivity contribution in [3.8, 4) is 11.3 Å². The van der Waals surface area contributed by atoms with E-state index in [1.165, 1.54) is 12.1 Å². The number of sulfonamides is 1. The highest BCUT2D eigenvalue weighted by atomic mass is 32.2. The van der Waals surface area contributed by atoms with Gasteiger partial charge in [0.15, 0.2) is 0 Å². The monoisotopic (exact) mass is 435 g/mol. The fourth-order valence-corrected chi connectivity index (χ4v) is 4.50. The molecule has 0 bridgehead atoms. The van der Waals surface area contributed by atoms with Crippen LogP contribution in [0.5, 0.6) is 0 Å². The Bertz CT molecular complexity index is 1340. The number of fused-ring (bicyclic) bond motifs is 1. The van der Waals surface area contributed by atoms with Gasteiger partial charge in [0, 0.05) is 10.9 Å². The zero-order valence-electron chi connectivity index (χ0n) is 17.1. The lowest BCUT2D eigenvalue weighted by Crippen LogP contribution is -2.13. The maximum atomic E-state index is 12.8. The first-order valence-electron chi connectivity index (χ1n) is 9.78. The molecule has 4 rings (SSSR count). The summed E-state index contributed by atoms with van der Waals surface area (Å²) in [5.41, 5.74) is 2.49. The third-order valence-electron chi connectivity index (χ3n) is 4.85. The molecule has 7 heteroatoms. The predicted molar refractivity (Wildman–Crippen MR) is 120 cm³/mol. The van der Waals surface area contributed by atoms with Gasteiger partial charge in [-0.3, -0.25) is 4.72 Å². The molecule has 0 fully saturated rings. The Morgan fingerprint density at radius 1 is 1.00 bits per heavy atom. The van der Waals surface area contributed by atoms with E-state index in [-0.39, 0.29) is 17.1 Å². The van der Waals surface area contributed by atoms with Crippen LogP contribution < -0.4 is 4.72 Å².